The summed E-state index contributed by atoms with van der Waals surface area (Å²) in [5.74, 6) is 0.649. The minimum absolute atomic E-state index is 0.0157. The monoisotopic (exact) mass is 1070 g/mol. The van der Waals surface area contributed by atoms with Gasteiger partial charge in [-0.2, -0.15) is 18.8 Å². The highest BCUT2D eigenvalue weighted by atomic mass is 32.2. The lowest BCUT2D eigenvalue weighted by atomic mass is 10.2. The second kappa shape index (κ2) is 24.3. The average Bonchev–Trinajstić information content (AvgIpc) is 3.91. The molecule has 26 heteroatoms. The van der Waals surface area contributed by atoms with Crippen LogP contribution < -0.4 is 20.6 Å². The van der Waals surface area contributed by atoms with Crippen molar-refractivity contribution in [2.75, 3.05) is 91.9 Å². The molecule has 24 nitrogen and oxygen atoms in total. The van der Waals surface area contributed by atoms with Crippen LogP contribution >= 0.6 is 0 Å². The van der Waals surface area contributed by atoms with Gasteiger partial charge >= 0.3 is 0 Å². The van der Waals surface area contributed by atoms with Gasteiger partial charge in [-0.3, -0.25) is 19.0 Å². The molecule has 2 unspecified atom stereocenters. The topological polar surface area (TPSA) is 271 Å². The Balaban J connectivity index is 0.000000216. The van der Waals surface area contributed by atoms with Crippen molar-refractivity contribution in [3.63, 3.8) is 0 Å². The summed E-state index contributed by atoms with van der Waals surface area (Å²) in [4.78, 5) is 53.9. The van der Waals surface area contributed by atoms with Gasteiger partial charge in [0.05, 0.1) is 48.1 Å². The molecule has 0 aromatic carbocycles. The fourth-order valence-electron chi connectivity index (χ4n) is 8.86. The maximum Gasteiger partial charge on any atom is 0.279 e. The summed E-state index contributed by atoms with van der Waals surface area (Å²) in [6.45, 7) is 23.2. The molecular formula is C48H70N14O10S2. The normalized spacial score (nSPS) is 16.4. The van der Waals surface area contributed by atoms with E-state index in [0.717, 1.165) is 24.5 Å². The standard InChI is InChI=1S/2C24H35N7O5S/c2*1-6-19-20-21(28-29(19)5)23(32)27-22(26-20)18-13-17(14-25-24(18)36-16(4)15-35-8-3)37(33,34)31-11-9-30(7-2)10-12-31/h2*13-14,16H,6-12,15H2,1-5H3,(H,26,27,32). The highest BCUT2D eigenvalue weighted by molar-refractivity contribution is 7.89. The van der Waals surface area contributed by atoms with Gasteiger partial charge in [-0.15, -0.1) is 0 Å². The predicted octanol–water partition coefficient (Wildman–Crippen LogP) is 2.82. The molecule has 0 saturated carbocycles. The summed E-state index contributed by atoms with van der Waals surface area (Å²) in [6.07, 6.45) is 3.10. The molecule has 2 N–H and O–H groups in total. The molecule has 2 aliphatic heterocycles. The Hall–Kier alpha value is -5.74. The largest absolute Gasteiger partial charge is 0.472 e. The number of H-pyrrole nitrogens is 2. The average molecular weight is 1070 g/mol. The third-order valence-corrected chi connectivity index (χ3v) is 16.7. The SMILES string of the molecule is CCOCC(C)Oc1ncc(S(=O)(=O)N2CCN(CC)CC2)cc1-c1nc2c(CC)n(C)nc2c(=O)[nH]1.CCOCC(C)Oc1ncc(S(=O)(=O)N2CCN(CC)CC2)cc1-c1nc2c(CC)n(C)nc2c(=O)[nH]1. The van der Waals surface area contributed by atoms with Crippen molar-refractivity contribution in [2.24, 2.45) is 14.1 Å². The van der Waals surface area contributed by atoms with Crippen molar-refractivity contribution in [1.82, 2.24) is 67.9 Å². The van der Waals surface area contributed by atoms with Crippen LogP contribution in [0.3, 0.4) is 0 Å². The molecule has 8 heterocycles. The Morgan fingerprint density at radius 1 is 0.568 bits per heavy atom. The highest BCUT2D eigenvalue weighted by Gasteiger charge is 2.32. The molecule has 74 heavy (non-hydrogen) atoms. The molecule has 2 atom stereocenters. The number of aryl methyl sites for hydroxylation is 4. The Labute approximate surface area is 431 Å². The second-order valence-electron chi connectivity index (χ2n) is 18.0. The molecule has 404 valence electrons. The first-order chi connectivity index (χ1) is 35.4. The molecule has 6 aromatic heterocycles. The van der Waals surface area contributed by atoms with Gasteiger partial charge in [-0.25, -0.2) is 36.8 Å². The van der Waals surface area contributed by atoms with Crippen LogP contribution in [-0.4, -0.2) is 189 Å². The summed E-state index contributed by atoms with van der Waals surface area (Å²) < 4.78 is 83.3. The zero-order chi connectivity index (χ0) is 53.5. The third-order valence-electron chi connectivity index (χ3n) is 13.0. The second-order valence-corrected chi connectivity index (χ2v) is 21.8. The zero-order valence-corrected chi connectivity index (χ0v) is 45.7. The maximum absolute atomic E-state index is 13.5. The van der Waals surface area contributed by atoms with Crippen LogP contribution in [0.25, 0.3) is 44.8 Å². The Bertz CT molecular complexity index is 3040. The van der Waals surface area contributed by atoms with Crippen molar-refractivity contribution in [3.05, 3.63) is 56.6 Å². The number of sulfonamides is 2. The number of aromatic nitrogens is 10. The molecule has 2 saturated heterocycles. The van der Waals surface area contributed by atoms with E-state index in [-0.39, 0.29) is 67.6 Å². The van der Waals surface area contributed by atoms with Gasteiger partial charge < -0.3 is 38.7 Å². The summed E-state index contributed by atoms with van der Waals surface area (Å²) in [6, 6.07) is 2.95. The van der Waals surface area contributed by atoms with E-state index in [1.807, 2.05) is 41.5 Å². The summed E-state index contributed by atoms with van der Waals surface area (Å²) in [5, 5.41) is 8.59. The van der Waals surface area contributed by atoms with E-state index < -0.39 is 31.2 Å². The first-order valence-corrected chi connectivity index (χ1v) is 28.1. The molecule has 2 aliphatic rings. The van der Waals surface area contributed by atoms with Crippen LogP contribution in [0.5, 0.6) is 11.8 Å². The molecular weight excluding hydrogens is 997 g/mol. The molecule has 0 spiro atoms. The number of piperazine rings is 2. The van der Waals surface area contributed by atoms with Crippen LogP contribution in [0.15, 0.2) is 43.9 Å². The number of hydrogen-bond donors (Lipinski definition) is 2. The number of nitrogens with zero attached hydrogens (tertiary/aromatic N) is 12. The number of aromatic amines is 2. The Kier molecular flexibility index (Phi) is 18.4. The summed E-state index contributed by atoms with van der Waals surface area (Å²) in [5.41, 5.74) is 2.66. The lowest BCUT2D eigenvalue weighted by Gasteiger charge is -2.33. The Morgan fingerprint density at radius 2 is 0.932 bits per heavy atom. The van der Waals surface area contributed by atoms with Gasteiger partial charge in [0.2, 0.25) is 31.8 Å². The van der Waals surface area contributed by atoms with Crippen molar-refractivity contribution in [3.8, 4) is 34.5 Å². The van der Waals surface area contributed by atoms with E-state index in [1.54, 1.807) is 23.5 Å². The van der Waals surface area contributed by atoms with E-state index in [0.29, 0.717) is 103 Å². The molecule has 0 amide bonds. The van der Waals surface area contributed by atoms with Crippen LogP contribution in [0.1, 0.15) is 66.8 Å². The minimum atomic E-state index is -3.82. The lowest BCUT2D eigenvalue weighted by molar-refractivity contribution is 0.0636. The van der Waals surface area contributed by atoms with Gasteiger partial charge in [0.25, 0.3) is 11.1 Å². The number of pyridine rings is 2. The van der Waals surface area contributed by atoms with Crippen LogP contribution in [-0.2, 0) is 56.5 Å². The van der Waals surface area contributed by atoms with Crippen molar-refractivity contribution < 1.29 is 35.8 Å². The Morgan fingerprint density at radius 3 is 1.26 bits per heavy atom. The molecule has 2 fully saturated rings. The lowest BCUT2D eigenvalue weighted by Crippen LogP contribution is -2.48. The molecule has 8 rings (SSSR count). The summed E-state index contributed by atoms with van der Waals surface area (Å²) in [7, 11) is -4.11. The van der Waals surface area contributed by atoms with Crippen LogP contribution in [0.2, 0.25) is 0 Å². The molecule has 6 aromatic rings. The first-order valence-electron chi connectivity index (χ1n) is 25.2. The zero-order valence-electron chi connectivity index (χ0n) is 44.0. The van der Waals surface area contributed by atoms with Crippen LogP contribution in [0, 0.1) is 0 Å². The number of likely N-dealkylation sites (N-methyl/N-ethyl adjacent to an activating group) is 2. The molecule has 0 radical (unpaired) electrons. The van der Waals surface area contributed by atoms with E-state index in [4.69, 9.17) is 18.9 Å². The van der Waals surface area contributed by atoms with Gasteiger partial charge in [-0.05, 0) is 65.8 Å². The quantitative estimate of drug-likeness (QED) is 0.111. The number of nitrogens with one attached hydrogen (secondary N) is 2. The van der Waals surface area contributed by atoms with Crippen molar-refractivity contribution in [2.45, 2.75) is 90.2 Å². The predicted molar refractivity (Wildman–Crippen MR) is 278 cm³/mol. The fraction of sp³-hybridized carbons (Fsp3) is 0.583. The third kappa shape index (κ3) is 12.2. The highest BCUT2D eigenvalue weighted by Crippen LogP contribution is 2.33. The number of rotatable bonds is 20. The fourth-order valence-corrected chi connectivity index (χ4v) is 11.6. The van der Waals surface area contributed by atoms with Gasteiger partial charge in [0.1, 0.15) is 44.7 Å². The summed E-state index contributed by atoms with van der Waals surface area (Å²) >= 11 is 0. The van der Waals surface area contributed by atoms with Gasteiger partial charge in [0.15, 0.2) is 11.0 Å². The molecule has 0 aliphatic carbocycles. The van der Waals surface area contributed by atoms with E-state index in [2.05, 4.69) is 63.7 Å². The smallest absolute Gasteiger partial charge is 0.279 e. The van der Waals surface area contributed by atoms with E-state index in [9.17, 15) is 26.4 Å². The van der Waals surface area contributed by atoms with E-state index in [1.165, 1.54) is 33.1 Å². The minimum Gasteiger partial charge on any atom is -0.472 e. The number of ether oxygens (including phenoxy) is 4. The maximum atomic E-state index is 13.5. The number of fused-ring (bicyclic) bond motifs is 2. The van der Waals surface area contributed by atoms with Crippen LogP contribution in [0.4, 0.5) is 0 Å². The van der Waals surface area contributed by atoms with Gasteiger partial charge in [-0.1, -0.05) is 27.7 Å². The molecule has 0 bridgehead atoms. The number of hydrogen-bond acceptors (Lipinski definition) is 18. The van der Waals surface area contributed by atoms with E-state index >= 15 is 0 Å². The van der Waals surface area contributed by atoms with Crippen molar-refractivity contribution >= 4 is 42.1 Å². The van der Waals surface area contributed by atoms with Crippen molar-refractivity contribution in [1.29, 1.82) is 0 Å². The van der Waals surface area contributed by atoms with Gasteiger partial charge in [0, 0.05) is 79.7 Å². The first kappa shape index (κ1) is 56.0.